The van der Waals surface area contributed by atoms with Crippen LogP contribution in [0.2, 0.25) is 0 Å². The highest BCUT2D eigenvalue weighted by Crippen LogP contribution is 2.38. The van der Waals surface area contributed by atoms with E-state index < -0.39 is 6.09 Å². The van der Waals surface area contributed by atoms with Crippen LogP contribution in [0, 0.1) is 11.8 Å². The van der Waals surface area contributed by atoms with Crippen molar-refractivity contribution in [3.8, 4) is 0 Å². The summed E-state index contributed by atoms with van der Waals surface area (Å²) in [6.07, 6.45) is 2.67. The normalized spacial score (nSPS) is 33.2. The molecular weight excluding hydrogens is 216 g/mol. The van der Waals surface area contributed by atoms with E-state index in [-0.39, 0.29) is 11.6 Å². The third kappa shape index (κ3) is 2.41. The Balaban J connectivity index is 2.20. The van der Waals surface area contributed by atoms with Gasteiger partial charge in [-0.2, -0.15) is 0 Å². The smallest absolute Gasteiger partial charge is 0.407 e. The highest BCUT2D eigenvalue weighted by molar-refractivity contribution is 5.66. The molecule has 0 unspecified atom stereocenters. The number of carbonyl (C=O) groups is 1. The summed E-state index contributed by atoms with van der Waals surface area (Å²) in [5, 5.41) is 12.9. The Labute approximate surface area is 103 Å². The van der Waals surface area contributed by atoms with E-state index in [0.717, 1.165) is 25.9 Å². The molecule has 0 bridgehead atoms. The molecule has 2 aliphatic rings. The standard InChI is InChI=1S/C13H24N2O2/c1-13(2,3)15(12(16)17)11-6-4-5-9-7-14-8-10(9)11/h9-11,14H,4-8H2,1-3H3,(H,16,17)/t9-,10+,11-/m1/s1. The van der Waals surface area contributed by atoms with Crippen molar-refractivity contribution in [2.45, 2.75) is 51.6 Å². The van der Waals surface area contributed by atoms with Gasteiger partial charge in [-0.1, -0.05) is 6.42 Å². The fraction of sp³-hybridized carbons (Fsp3) is 0.923. The van der Waals surface area contributed by atoms with Crippen molar-refractivity contribution in [2.24, 2.45) is 11.8 Å². The summed E-state index contributed by atoms with van der Waals surface area (Å²) in [7, 11) is 0. The van der Waals surface area contributed by atoms with Gasteiger partial charge in [0.25, 0.3) is 0 Å². The van der Waals surface area contributed by atoms with E-state index in [1.807, 2.05) is 20.8 Å². The molecule has 1 aliphatic carbocycles. The van der Waals surface area contributed by atoms with Gasteiger partial charge >= 0.3 is 6.09 Å². The van der Waals surface area contributed by atoms with Gasteiger partial charge in [-0.25, -0.2) is 4.79 Å². The molecule has 1 heterocycles. The Kier molecular flexibility index (Phi) is 3.34. The maximum absolute atomic E-state index is 11.5. The van der Waals surface area contributed by atoms with Gasteiger partial charge in [0.05, 0.1) is 0 Å². The molecule has 0 aromatic rings. The third-order valence-corrected chi connectivity index (χ3v) is 4.22. The van der Waals surface area contributed by atoms with Gasteiger partial charge in [0.2, 0.25) is 0 Å². The molecule has 2 fully saturated rings. The molecule has 2 N–H and O–H groups in total. The van der Waals surface area contributed by atoms with E-state index in [4.69, 9.17) is 0 Å². The molecule has 3 atom stereocenters. The van der Waals surface area contributed by atoms with Gasteiger partial charge in [-0.05, 0) is 52.0 Å². The first kappa shape index (κ1) is 12.7. The van der Waals surface area contributed by atoms with Crippen LogP contribution in [-0.4, -0.2) is 40.8 Å². The van der Waals surface area contributed by atoms with Gasteiger partial charge in [0.1, 0.15) is 0 Å². The van der Waals surface area contributed by atoms with Crippen LogP contribution in [0.1, 0.15) is 40.0 Å². The molecule has 1 aliphatic heterocycles. The molecule has 1 saturated carbocycles. The number of nitrogens with one attached hydrogen (secondary N) is 1. The SMILES string of the molecule is CC(C)(C)N(C(=O)O)[C@@H]1CCC[C@@H]2CNC[C@@H]21. The second-order valence-electron chi connectivity index (χ2n) is 6.40. The lowest BCUT2D eigenvalue weighted by molar-refractivity contribution is 0.0263. The third-order valence-electron chi connectivity index (χ3n) is 4.22. The van der Waals surface area contributed by atoms with Gasteiger partial charge in [-0.15, -0.1) is 0 Å². The van der Waals surface area contributed by atoms with E-state index in [1.165, 1.54) is 6.42 Å². The number of hydrogen-bond donors (Lipinski definition) is 2. The van der Waals surface area contributed by atoms with Crippen LogP contribution in [0.15, 0.2) is 0 Å². The number of fused-ring (bicyclic) bond motifs is 1. The minimum atomic E-state index is -0.768. The predicted octanol–water partition coefficient (Wildman–Crippen LogP) is 2.15. The second kappa shape index (κ2) is 4.48. The molecule has 0 radical (unpaired) electrons. The number of carboxylic acid groups (broad SMARTS) is 1. The summed E-state index contributed by atoms with van der Waals surface area (Å²) >= 11 is 0. The number of rotatable bonds is 1. The quantitative estimate of drug-likeness (QED) is 0.738. The summed E-state index contributed by atoms with van der Waals surface area (Å²) < 4.78 is 0. The van der Waals surface area contributed by atoms with Crippen LogP contribution in [0.25, 0.3) is 0 Å². The Bertz CT molecular complexity index is 298. The van der Waals surface area contributed by atoms with Crippen molar-refractivity contribution in [3.63, 3.8) is 0 Å². The fourth-order valence-electron chi connectivity index (χ4n) is 3.57. The average Bonchev–Trinajstić information content (AvgIpc) is 2.63. The minimum absolute atomic E-state index is 0.196. The Morgan fingerprint density at radius 2 is 2.00 bits per heavy atom. The number of hydrogen-bond acceptors (Lipinski definition) is 2. The van der Waals surface area contributed by atoms with Gasteiger partial charge in [0.15, 0.2) is 0 Å². The average molecular weight is 240 g/mol. The van der Waals surface area contributed by atoms with E-state index >= 15 is 0 Å². The summed E-state index contributed by atoms with van der Waals surface area (Å²) in [5.41, 5.74) is -0.305. The Hall–Kier alpha value is -0.770. The van der Waals surface area contributed by atoms with Gasteiger partial charge in [0, 0.05) is 18.1 Å². The summed E-state index contributed by atoms with van der Waals surface area (Å²) in [4.78, 5) is 13.2. The van der Waals surface area contributed by atoms with Crippen molar-refractivity contribution < 1.29 is 9.90 Å². The first-order valence-electron chi connectivity index (χ1n) is 6.64. The molecule has 1 amide bonds. The van der Waals surface area contributed by atoms with Gasteiger partial charge < -0.3 is 15.3 Å². The summed E-state index contributed by atoms with van der Waals surface area (Å²) in [6, 6.07) is 0.196. The molecule has 1 saturated heterocycles. The Morgan fingerprint density at radius 3 is 2.59 bits per heavy atom. The van der Waals surface area contributed by atoms with E-state index in [2.05, 4.69) is 5.32 Å². The topological polar surface area (TPSA) is 52.6 Å². The fourth-order valence-corrected chi connectivity index (χ4v) is 3.57. The molecule has 98 valence electrons. The van der Waals surface area contributed by atoms with Crippen LogP contribution in [0.5, 0.6) is 0 Å². The van der Waals surface area contributed by atoms with Crippen molar-refractivity contribution in [3.05, 3.63) is 0 Å². The first-order chi connectivity index (χ1) is 7.91. The maximum Gasteiger partial charge on any atom is 0.407 e. The molecule has 0 aromatic heterocycles. The molecule has 4 heteroatoms. The van der Waals surface area contributed by atoms with E-state index in [1.54, 1.807) is 4.90 Å². The second-order valence-corrected chi connectivity index (χ2v) is 6.40. The maximum atomic E-state index is 11.5. The first-order valence-corrected chi connectivity index (χ1v) is 6.64. The summed E-state index contributed by atoms with van der Waals surface area (Å²) in [6.45, 7) is 8.03. The van der Waals surface area contributed by atoms with E-state index in [0.29, 0.717) is 11.8 Å². The van der Waals surface area contributed by atoms with Crippen molar-refractivity contribution >= 4 is 6.09 Å². The zero-order valence-corrected chi connectivity index (χ0v) is 11.1. The molecular formula is C13H24N2O2. The van der Waals surface area contributed by atoms with Crippen LogP contribution in [-0.2, 0) is 0 Å². The van der Waals surface area contributed by atoms with E-state index in [9.17, 15) is 9.90 Å². The number of nitrogens with zero attached hydrogens (tertiary/aromatic N) is 1. The Morgan fingerprint density at radius 1 is 1.29 bits per heavy atom. The molecule has 0 aromatic carbocycles. The van der Waals surface area contributed by atoms with Gasteiger partial charge in [-0.3, -0.25) is 0 Å². The summed E-state index contributed by atoms with van der Waals surface area (Å²) in [5.74, 6) is 1.19. The van der Waals surface area contributed by atoms with Crippen molar-refractivity contribution in [1.29, 1.82) is 0 Å². The lowest BCUT2D eigenvalue weighted by atomic mass is 9.76. The lowest BCUT2D eigenvalue weighted by Gasteiger charge is -2.45. The zero-order valence-electron chi connectivity index (χ0n) is 11.1. The molecule has 17 heavy (non-hydrogen) atoms. The molecule has 0 spiro atoms. The zero-order chi connectivity index (χ0) is 12.6. The number of amides is 1. The van der Waals surface area contributed by atoms with Crippen LogP contribution in [0.4, 0.5) is 4.79 Å². The highest BCUT2D eigenvalue weighted by atomic mass is 16.4. The monoisotopic (exact) mass is 240 g/mol. The predicted molar refractivity (Wildman–Crippen MR) is 67.1 cm³/mol. The van der Waals surface area contributed by atoms with Crippen molar-refractivity contribution in [2.75, 3.05) is 13.1 Å². The largest absolute Gasteiger partial charge is 0.465 e. The molecule has 2 rings (SSSR count). The van der Waals surface area contributed by atoms with Crippen LogP contribution < -0.4 is 5.32 Å². The van der Waals surface area contributed by atoms with Crippen molar-refractivity contribution in [1.82, 2.24) is 10.2 Å². The minimum Gasteiger partial charge on any atom is -0.465 e. The van der Waals surface area contributed by atoms with Crippen LogP contribution in [0.3, 0.4) is 0 Å². The highest BCUT2D eigenvalue weighted by Gasteiger charge is 2.44. The molecule has 4 nitrogen and oxygen atoms in total. The van der Waals surface area contributed by atoms with Crippen LogP contribution >= 0.6 is 0 Å². The lowest BCUT2D eigenvalue weighted by Crippen LogP contribution is -2.56.